The first-order valence-corrected chi connectivity index (χ1v) is 6.30. The molecule has 94 valence electrons. The summed E-state index contributed by atoms with van der Waals surface area (Å²) in [5.74, 6) is -0.104. The van der Waals surface area contributed by atoms with Gasteiger partial charge in [0.2, 0.25) is 0 Å². The van der Waals surface area contributed by atoms with Gasteiger partial charge in [-0.3, -0.25) is 9.69 Å². The lowest BCUT2D eigenvalue weighted by Gasteiger charge is -2.28. The maximum absolute atomic E-state index is 11.5. The van der Waals surface area contributed by atoms with Crippen molar-refractivity contribution in [3.05, 3.63) is 0 Å². The van der Waals surface area contributed by atoms with Crippen LogP contribution in [0.15, 0.2) is 0 Å². The Bertz CT molecular complexity index is 215. The van der Waals surface area contributed by atoms with Crippen molar-refractivity contribution in [2.45, 2.75) is 33.2 Å². The summed E-state index contributed by atoms with van der Waals surface area (Å²) in [5, 5.41) is 3.36. The molecular weight excluding hydrogens is 204 g/mol. The molecule has 0 aromatic rings. The molecular formula is C12H24N2O2. The van der Waals surface area contributed by atoms with Crippen molar-refractivity contribution in [1.29, 1.82) is 0 Å². The molecule has 4 nitrogen and oxygen atoms in total. The van der Waals surface area contributed by atoms with Gasteiger partial charge in [-0.05, 0) is 26.4 Å². The average Bonchev–Trinajstić information content (AvgIpc) is 2.79. The van der Waals surface area contributed by atoms with Gasteiger partial charge in [-0.25, -0.2) is 0 Å². The van der Waals surface area contributed by atoms with Gasteiger partial charge in [0.25, 0.3) is 0 Å². The van der Waals surface area contributed by atoms with Crippen molar-refractivity contribution in [2.24, 2.45) is 5.92 Å². The van der Waals surface area contributed by atoms with Gasteiger partial charge in [0.1, 0.15) is 0 Å². The van der Waals surface area contributed by atoms with Crippen LogP contribution >= 0.6 is 0 Å². The van der Waals surface area contributed by atoms with E-state index >= 15 is 0 Å². The van der Waals surface area contributed by atoms with E-state index in [0.717, 1.165) is 26.2 Å². The highest BCUT2D eigenvalue weighted by Crippen LogP contribution is 2.11. The van der Waals surface area contributed by atoms with Crippen LogP contribution in [0.1, 0.15) is 27.2 Å². The van der Waals surface area contributed by atoms with Crippen LogP contribution in [0, 0.1) is 5.92 Å². The highest BCUT2D eigenvalue weighted by atomic mass is 16.5. The zero-order chi connectivity index (χ0) is 12.0. The predicted octanol–water partition coefficient (Wildman–Crippen LogP) is 0.869. The van der Waals surface area contributed by atoms with E-state index in [-0.39, 0.29) is 11.9 Å². The molecule has 0 bridgehead atoms. The van der Waals surface area contributed by atoms with E-state index in [1.165, 1.54) is 6.42 Å². The highest BCUT2D eigenvalue weighted by molar-refractivity contribution is 5.72. The first kappa shape index (κ1) is 13.5. The minimum absolute atomic E-state index is 0.0273. The second-order valence-corrected chi connectivity index (χ2v) is 4.39. The van der Waals surface area contributed by atoms with Gasteiger partial charge >= 0.3 is 5.97 Å². The number of carbonyl (C=O) groups excluding carboxylic acids is 1. The molecule has 0 amide bonds. The van der Waals surface area contributed by atoms with Gasteiger partial charge in [0.15, 0.2) is 0 Å². The minimum Gasteiger partial charge on any atom is -0.466 e. The number of rotatable bonds is 6. The summed E-state index contributed by atoms with van der Waals surface area (Å²) in [5.41, 5.74) is 0. The Morgan fingerprint density at radius 2 is 2.31 bits per heavy atom. The monoisotopic (exact) mass is 228 g/mol. The molecule has 0 saturated carbocycles. The van der Waals surface area contributed by atoms with Crippen LogP contribution in [0.3, 0.4) is 0 Å². The van der Waals surface area contributed by atoms with Crippen LogP contribution in [-0.2, 0) is 9.53 Å². The molecule has 0 aromatic carbocycles. The van der Waals surface area contributed by atoms with E-state index in [2.05, 4.69) is 17.1 Å². The molecule has 2 unspecified atom stereocenters. The lowest BCUT2D eigenvalue weighted by molar-refractivity contribution is -0.148. The Morgan fingerprint density at radius 1 is 1.56 bits per heavy atom. The first-order chi connectivity index (χ1) is 7.69. The molecule has 0 radical (unpaired) electrons. The quantitative estimate of drug-likeness (QED) is 0.685. The number of likely N-dealkylation sites (N-methyl/N-ethyl adjacent to an activating group) is 1. The topological polar surface area (TPSA) is 41.6 Å². The number of hydrogen-bond donors (Lipinski definition) is 1. The molecule has 1 aliphatic rings. The largest absolute Gasteiger partial charge is 0.466 e. The van der Waals surface area contributed by atoms with Crippen LogP contribution < -0.4 is 5.32 Å². The molecule has 1 N–H and O–H groups in total. The van der Waals surface area contributed by atoms with E-state index < -0.39 is 0 Å². The number of hydrogen-bond acceptors (Lipinski definition) is 4. The van der Waals surface area contributed by atoms with E-state index in [4.69, 9.17) is 4.74 Å². The summed E-state index contributed by atoms with van der Waals surface area (Å²) >= 11 is 0. The zero-order valence-electron chi connectivity index (χ0n) is 10.7. The number of esters is 1. The Labute approximate surface area is 98.3 Å². The standard InChI is InChI=1S/C12H24N2O2/c1-4-14(11-6-7-13-8-11)9-10(3)12(15)16-5-2/h10-11,13H,4-9H2,1-3H3. The number of nitrogens with zero attached hydrogens (tertiary/aromatic N) is 1. The summed E-state index contributed by atoms with van der Waals surface area (Å²) in [6.45, 7) is 10.4. The predicted molar refractivity (Wildman–Crippen MR) is 64.3 cm³/mol. The Balaban J connectivity index is 2.39. The molecule has 1 aliphatic heterocycles. The lowest BCUT2D eigenvalue weighted by Crippen LogP contribution is -2.41. The fourth-order valence-electron chi connectivity index (χ4n) is 2.20. The molecule has 1 fully saturated rings. The number of carbonyl (C=O) groups is 1. The molecule has 1 heterocycles. The molecule has 0 spiro atoms. The van der Waals surface area contributed by atoms with Gasteiger partial charge in [-0.2, -0.15) is 0 Å². The molecule has 2 atom stereocenters. The van der Waals surface area contributed by atoms with Crippen LogP contribution in [0.5, 0.6) is 0 Å². The van der Waals surface area contributed by atoms with Gasteiger partial charge in [0, 0.05) is 19.1 Å². The highest BCUT2D eigenvalue weighted by Gasteiger charge is 2.25. The molecule has 0 aliphatic carbocycles. The van der Waals surface area contributed by atoms with Gasteiger partial charge < -0.3 is 10.1 Å². The Kier molecular flexibility index (Phi) is 5.77. The van der Waals surface area contributed by atoms with Crippen LogP contribution in [0.2, 0.25) is 0 Å². The fourth-order valence-corrected chi connectivity index (χ4v) is 2.20. The van der Waals surface area contributed by atoms with E-state index in [1.807, 2.05) is 13.8 Å². The van der Waals surface area contributed by atoms with Crippen molar-refractivity contribution in [3.8, 4) is 0 Å². The normalized spacial score (nSPS) is 22.4. The molecule has 4 heteroatoms. The molecule has 1 rings (SSSR count). The van der Waals surface area contributed by atoms with Crippen LogP contribution in [0.25, 0.3) is 0 Å². The second kappa shape index (κ2) is 6.86. The van der Waals surface area contributed by atoms with E-state index in [0.29, 0.717) is 12.6 Å². The summed E-state index contributed by atoms with van der Waals surface area (Å²) in [6.07, 6.45) is 1.18. The number of nitrogens with one attached hydrogen (secondary N) is 1. The van der Waals surface area contributed by atoms with Crippen molar-refractivity contribution in [2.75, 3.05) is 32.8 Å². The van der Waals surface area contributed by atoms with Gasteiger partial charge in [-0.1, -0.05) is 13.8 Å². The molecule has 0 aromatic heterocycles. The summed E-state index contributed by atoms with van der Waals surface area (Å²) in [7, 11) is 0. The number of ether oxygens (including phenoxy) is 1. The van der Waals surface area contributed by atoms with E-state index in [1.54, 1.807) is 0 Å². The minimum atomic E-state index is -0.0769. The third-order valence-corrected chi connectivity index (χ3v) is 3.15. The summed E-state index contributed by atoms with van der Waals surface area (Å²) in [4.78, 5) is 13.9. The maximum Gasteiger partial charge on any atom is 0.309 e. The fraction of sp³-hybridized carbons (Fsp3) is 0.917. The van der Waals surface area contributed by atoms with Crippen LogP contribution in [-0.4, -0.2) is 49.7 Å². The molecule has 16 heavy (non-hydrogen) atoms. The van der Waals surface area contributed by atoms with Crippen molar-refractivity contribution in [3.63, 3.8) is 0 Å². The lowest BCUT2D eigenvalue weighted by atomic mass is 10.1. The Hall–Kier alpha value is -0.610. The Morgan fingerprint density at radius 3 is 2.81 bits per heavy atom. The second-order valence-electron chi connectivity index (χ2n) is 4.39. The summed E-state index contributed by atoms with van der Waals surface area (Å²) < 4.78 is 5.03. The smallest absolute Gasteiger partial charge is 0.309 e. The van der Waals surface area contributed by atoms with Crippen molar-refractivity contribution >= 4 is 5.97 Å². The van der Waals surface area contributed by atoms with Crippen molar-refractivity contribution in [1.82, 2.24) is 10.2 Å². The van der Waals surface area contributed by atoms with Gasteiger partial charge in [-0.15, -0.1) is 0 Å². The third kappa shape index (κ3) is 3.76. The third-order valence-electron chi connectivity index (χ3n) is 3.15. The summed E-state index contributed by atoms with van der Waals surface area (Å²) in [6, 6.07) is 0.585. The average molecular weight is 228 g/mol. The van der Waals surface area contributed by atoms with Gasteiger partial charge in [0.05, 0.1) is 12.5 Å². The maximum atomic E-state index is 11.5. The van der Waals surface area contributed by atoms with E-state index in [9.17, 15) is 4.79 Å². The van der Waals surface area contributed by atoms with Crippen LogP contribution in [0.4, 0.5) is 0 Å². The molecule has 1 saturated heterocycles. The SMILES string of the molecule is CCOC(=O)C(C)CN(CC)C1CCNC1. The van der Waals surface area contributed by atoms with Crippen molar-refractivity contribution < 1.29 is 9.53 Å². The first-order valence-electron chi connectivity index (χ1n) is 6.30. The zero-order valence-corrected chi connectivity index (χ0v) is 10.7.